The summed E-state index contributed by atoms with van der Waals surface area (Å²) in [4.78, 5) is 32.6. The standard InChI is InChI=1S/C24H23FN6O2/c1-24(2,29-21(32)18-12-13-26-14-18)22(33)28-23-27-20(17-8-10-19(25)11-9-17)31(30-23)15-16-6-4-3-5-7-16/h3-14,26H,15H2,1-2H3,(H,29,32)(H,28,30,33). The molecule has 0 saturated heterocycles. The summed E-state index contributed by atoms with van der Waals surface area (Å²) in [7, 11) is 0. The lowest BCUT2D eigenvalue weighted by Crippen LogP contribution is -2.52. The van der Waals surface area contributed by atoms with Crippen LogP contribution in [-0.2, 0) is 11.3 Å². The van der Waals surface area contributed by atoms with Crippen LogP contribution in [0.4, 0.5) is 10.3 Å². The molecule has 2 heterocycles. The normalized spacial score (nSPS) is 11.2. The SMILES string of the molecule is CC(C)(NC(=O)c1cc[nH]c1)C(=O)Nc1nc(-c2ccc(F)cc2)n(Cc2ccccc2)n1. The molecule has 8 nitrogen and oxygen atoms in total. The Hall–Kier alpha value is -4.27. The summed E-state index contributed by atoms with van der Waals surface area (Å²) in [5.74, 6) is -0.663. The summed E-state index contributed by atoms with van der Waals surface area (Å²) in [6.07, 6.45) is 3.17. The maximum atomic E-state index is 13.4. The van der Waals surface area contributed by atoms with Crippen molar-refractivity contribution in [3.63, 3.8) is 0 Å². The van der Waals surface area contributed by atoms with Gasteiger partial charge in [-0.3, -0.25) is 14.9 Å². The van der Waals surface area contributed by atoms with E-state index in [-0.39, 0.29) is 17.7 Å². The van der Waals surface area contributed by atoms with Crippen molar-refractivity contribution < 1.29 is 14.0 Å². The van der Waals surface area contributed by atoms with Crippen molar-refractivity contribution in [2.75, 3.05) is 5.32 Å². The van der Waals surface area contributed by atoms with E-state index in [1.54, 1.807) is 49.1 Å². The van der Waals surface area contributed by atoms with Gasteiger partial charge in [0.15, 0.2) is 5.82 Å². The maximum absolute atomic E-state index is 13.4. The van der Waals surface area contributed by atoms with Gasteiger partial charge >= 0.3 is 0 Å². The van der Waals surface area contributed by atoms with Gasteiger partial charge in [0, 0.05) is 18.0 Å². The quantitative estimate of drug-likeness (QED) is 0.403. The first-order valence-corrected chi connectivity index (χ1v) is 10.3. The van der Waals surface area contributed by atoms with Crippen LogP contribution >= 0.6 is 0 Å². The Morgan fingerprint density at radius 1 is 1.06 bits per heavy atom. The molecule has 9 heteroatoms. The van der Waals surface area contributed by atoms with Crippen molar-refractivity contribution in [3.05, 3.63) is 90.0 Å². The number of H-pyrrole nitrogens is 1. The second kappa shape index (κ2) is 9.07. The molecule has 3 N–H and O–H groups in total. The third-order valence-corrected chi connectivity index (χ3v) is 5.03. The molecular weight excluding hydrogens is 423 g/mol. The summed E-state index contributed by atoms with van der Waals surface area (Å²) in [6, 6.07) is 17.2. The molecule has 0 bridgehead atoms. The van der Waals surface area contributed by atoms with Crippen molar-refractivity contribution in [2.45, 2.75) is 25.9 Å². The van der Waals surface area contributed by atoms with Gasteiger partial charge < -0.3 is 10.3 Å². The predicted octanol–water partition coefficient (Wildman–Crippen LogP) is 3.61. The van der Waals surface area contributed by atoms with Gasteiger partial charge in [-0.15, -0.1) is 5.10 Å². The third kappa shape index (κ3) is 5.15. The highest BCUT2D eigenvalue weighted by Crippen LogP contribution is 2.21. The Balaban J connectivity index is 1.58. The Morgan fingerprint density at radius 3 is 2.45 bits per heavy atom. The number of anilines is 1. The molecule has 4 rings (SSSR count). The van der Waals surface area contributed by atoms with E-state index in [2.05, 4.69) is 25.7 Å². The molecule has 0 saturated carbocycles. The smallest absolute Gasteiger partial charge is 0.253 e. The lowest BCUT2D eigenvalue weighted by atomic mass is 10.0. The second-order valence-corrected chi connectivity index (χ2v) is 8.04. The molecule has 0 aliphatic rings. The first-order valence-electron chi connectivity index (χ1n) is 10.3. The lowest BCUT2D eigenvalue weighted by molar-refractivity contribution is -0.121. The van der Waals surface area contributed by atoms with Crippen LogP contribution in [0.1, 0.15) is 29.8 Å². The molecule has 2 amide bonds. The van der Waals surface area contributed by atoms with Crippen LogP contribution in [0, 0.1) is 5.82 Å². The molecule has 2 aromatic carbocycles. The Labute approximate surface area is 189 Å². The molecule has 33 heavy (non-hydrogen) atoms. The van der Waals surface area contributed by atoms with E-state index in [0.29, 0.717) is 23.5 Å². The van der Waals surface area contributed by atoms with Gasteiger partial charge in [0.2, 0.25) is 5.95 Å². The molecule has 0 radical (unpaired) electrons. The summed E-state index contributed by atoms with van der Waals surface area (Å²) in [5.41, 5.74) is 0.831. The molecule has 2 aromatic heterocycles. The Morgan fingerprint density at radius 2 is 1.79 bits per heavy atom. The first kappa shape index (κ1) is 21.9. The summed E-state index contributed by atoms with van der Waals surface area (Å²) < 4.78 is 15.1. The average molecular weight is 446 g/mol. The average Bonchev–Trinajstić information content (AvgIpc) is 3.45. The zero-order valence-electron chi connectivity index (χ0n) is 18.2. The summed E-state index contributed by atoms with van der Waals surface area (Å²) in [5, 5.41) is 9.83. The minimum atomic E-state index is -1.23. The summed E-state index contributed by atoms with van der Waals surface area (Å²) in [6.45, 7) is 3.59. The van der Waals surface area contributed by atoms with E-state index in [0.717, 1.165) is 5.56 Å². The monoisotopic (exact) mass is 446 g/mol. The van der Waals surface area contributed by atoms with Crippen molar-refractivity contribution in [1.29, 1.82) is 0 Å². The number of aromatic nitrogens is 4. The van der Waals surface area contributed by atoms with E-state index >= 15 is 0 Å². The largest absolute Gasteiger partial charge is 0.367 e. The Kier molecular flexibility index (Phi) is 6.03. The van der Waals surface area contributed by atoms with Crippen LogP contribution in [0.2, 0.25) is 0 Å². The number of rotatable bonds is 7. The van der Waals surface area contributed by atoms with Crippen molar-refractivity contribution in [1.82, 2.24) is 25.1 Å². The van der Waals surface area contributed by atoms with Gasteiger partial charge in [-0.25, -0.2) is 9.07 Å². The Bertz CT molecular complexity index is 1250. The van der Waals surface area contributed by atoms with Crippen LogP contribution in [0.5, 0.6) is 0 Å². The van der Waals surface area contributed by atoms with E-state index in [4.69, 9.17) is 0 Å². The topological polar surface area (TPSA) is 105 Å². The predicted molar refractivity (Wildman–Crippen MR) is 122 cm³/mol. The van der Waals surface area contributed by atoms with E-state index in [1.165, 1.54) is 12.1 Å². The molecule has 0 aliphatic heterocycles. The molecule has 0 aliphatic carbocycles. The number of hydrogen-bond acceptors (Lipinski definition) is 4. The number of hydrogen-bond donors (Lipinski definition) is 3. The lowest BCUT2D eigenvalue weighted by Gasteiger charge is -2.24. The van der Waals surface area contributed by atoms with Crippen molar-refractivity contribution in [2.24, 2.45) is 0 Å². The molecule has 4 aromatic rings. The van der Waals surface area contributed by atoms with E-state index in [9.17, 15) is 14.0 Å². The number of nitrogens with one attached hydrogen (secondary N) is 3. The van der Waals surface area contributed by atoms with E-state index < -0.39 is 11.4 Å². The van der Waals surface area contributed by atoms with Crippen LogP contribution in [-0.4, -0.2) is 37.1 Å². The highest BCUT2D eigenvalue weighted by atomic mass is 19.1. The van der Waals surface area contributed by atoms with Crippen LogP contribution in [0.25, 0.3) is 11.4 Å². The third-order valence-electron chi connectivity index (χ3n) is 5.03. The summed E-state index contributed by atoms with van der Waals surface area (Å²) >= 11 is 0. The number of carbonyl (C=O) groups excluding carboxylic acids is 2. The number of aromatic amines is 1. The zero-order chi connectivity index (χ0) is 23.4. The highest BCUT2D eigenvalue weighted by molar-refractivity contribution is 6.02. The maximum Gasteiger partial charge on any atom is 0.253 e. The number of halogens is 1. The van der Waals surface area contributed by atoms with E-state index in [1.807, 2.05) is 30.3 Å². The van der Waals surface area contributed by atoms with Gasteiger partial charge in [-0.2, -0.15) is 4.98 Å². The number of carbonyl (C=O) groups is 2. The molecule has 0 fully saturated rings. The van der Waals surface area contributed by atoms with Crippen molar-refractivity contribution >= 4 is 17.8 Å². The molecule has 0 spiro atoms. The fourth-order valence-electron chi connectivity index (χ4n) is 3.21. The van der Waals surface area contributed by atoms with Crippen LogP contribution < -0.4 is 10.6 Å². The zero-order valence-corrected chi connectivity index (χ0v) is 18.2. The molecule has 0 atom stereocenters. The van der Waals surface area contributed by atoms with Crippen molar-refractivity contribution in [3.8, 4) is 11.4 Å². The minimum absolute atomic E-state index is 0.0826. The molecular formula is C24H23FN6O2. The first-order chi connectivity index (χ1) is 15.8. The van der Waals surface area contributed by atoms with Crippen LogP contribution in [0.3, 0.4) is 0 Å². The van der Waals surface area contributed by atoms with Gasteiger partial charge in [0.1, 0.15) is 11.4 Å². The molecule has 0 unspecified atom stereocenters. The number of benzene rings is 2. The number of nitrogens with zero attached hydrogens (tertiary/aromatic N) is 3. The van der Waals surface area contributed by atoms with Gasteiger partial charge in [-0.05, 0) is 49.7 Å². The fraction of sp³-hybridized carbons (Fsp3) is 0.167. The van der Waals surface area contributed by atoms with Gasteiger partial charge in [0.25, 0.3) is 11.8 Å². The number of amides is 2. The highest BCUT2D eigenvalue weighted by Gasteiger charge is 2.31. The fourth-order valence-corrected chi connectivity index (χ4v) is 3.21. The van der Waals surface area contributed by atoms with Gasteiger partial charge in [-0.1, -0.05) is 30.3 Å². The molecule has 168 valence electrons. The second-order valence-electron chi connectivity index (χ2n) is 8.04. The van der Waals surface area contributed by atoms with Gasteiger partial charge in [0.05, 0.1) is 12.1 Å². The van der Waals surface area contributed by atoms with Crippen LogP contribution in [0.15, 0.2) is 73.1 Å². The minimum Gasteiger partial charge on any atom is -0.367 e.